The highest BCUT2D eigenvalue weighted by Gasteiger charge is 2.28. The molecule has 1 aromatic heterocycles. The summed E-state index contributed by atoms with van der Waals surface area (Å²) in [5.74, 6) is 0.977. The fraction of sp³-hybridized carbons (Fsp3) is 0.421. The number of aromatic nitrogens is 2. The van der Waals surface area contributed by atoms with Crippen LogP contribution in [0.5, 0.6) is 0 Å². The molecule has 7 heteroatoms. The number of piperazine rings is 1. The average molecular weight is 373 g/mol. The lowest BCUT2D eigenvalue weighted by molar-refractivity contribution is 0.229. The zero-order valence-corrected chi connectivity index (χ0v) is 16.1. The van der Waals surface area contributed by atoms with Gasteiger partial charge >= 0.3 is 0 Å². The van der Waals surface area contributed by atoms with E-state index < -0.39 is 0 Å². The van der Waals surface area contributed by atoms with Crippen LogP contribution in [0.15, 0.2) is 30.3 Å². The number of hydrogen-bond acceptors (Lipinski definition) is 5. The molecule has 0 bridgehead atoms. The molecule has 2 aliphatic heterocycles. The lowest BCUT2D eigenvalue weighted by Gasteiger charge is -2.31. The number of anilines is 1. The van der Waals surface area contributed by atoms with Crippen molar-refractivity contribution in [1.82, 2.24) is 25.0 Å². The van der Waals surface area contributed by atoms with Crippen LogP contribution in [0.25, 0.3) is 10.7 Å². The Kier molecular flexibility index (Phi) is 4.89. The second-order valence-corrected chi connectivity index (χ2v) is 7.20. The fourth-order valence-electron chi connectivity index (χ4n) is 3.69. The molecule has 0 amide bonds. The summed E-state index contributed by atoms with van der Waals surface area (Å²) in [4.78, 5) is 2.47. The van der Waals surface area contributed by atoms with Gasteiger partial charge in [-0.15, -0.1) is 0 Å². The molecule has 0 saturated carbocycles. The third kappa shape index (κ3) is 3.20. The zero-order chi connectivity index (χ0) is 18.1. The highest BCUT2D eigenvalue weighted by Crippen LogP contribution is 2.41. The van der Waals surface area contributed by atoms with Gasteiger partial charge < -0.3 is 5.32 Å². The summed E-state index contributed by atoms with van der Waals surface area (Å²) in [6.07, 6.45) is 0. The standard InChI is InChI=1S/C19H25ClN6/c1-14-16-17(20)18(15-6-4-3-5-7-15)24(2)23-19(16)26(22-14)13-12-25-10-8-21-9-11-25/h3-7,21,23H,8-13H2,1-2H3. The maximum Gasteiger partial charge on any atom is 0.152 e. The first-order valence-electron chi connectivity index (χ1n) is 9.11. The molecule has 4 rings (SSSR count). The molecule has 0 radical (unpaired) electrons. The summed E-state index contributed by atoms with van der Waals surface area (Å²) in [5.41, 5.74) is 7.50. The Bertz CT molecular complexity index is 807. The van der Waals surface area contributed by atoms with Crippen molar-refractivity contribution < 1.29 is 0 Å². The molecular weight excluding hydrogens is 348 g/mol. The molecule has 1 fully saturated rings. The van der Waals surface area contributed by atoms with Gasteiger partial charge in [0.25, 0.3) is 0 Å². The monoisotopic (exact) mass is 372 g/mol. The van der Waals surface area contributed by atoms with Crippen molar-refractivity contribution in [2.24, 2.45) is 0 Å². The van der Waals surface area contributed by atoms with E-state index in [4.69, 9.17) is 16.7 Å². The molecule has 6 nitrogen and oxygen atoms in total. The first-order chi connectivity index (χ1) is 12.6. The minimum Gasteiger partial charge on any atom is -0.314 e. The van der Waals surface area contributed by atoms with E-state index in [1.54, 1.807) is 0 Å². The van der Waals surface area contributed by atoms with E-state index in [9.17, 15) is 0 Å². The molecule has 0 atom stereocenters. The molecule has 138 valence electrons. The van der Waals surface area contributed by atoms with Crippen LogP contribution in [0.4, 0.5) is 5.82 Å². The topological polar surface area (TPSA) is 48.4 Å². The Morgan fingerprint density at radius 3 is 2.58 bits per heavy atom. The van der Waals surface area contributed by atoms with Crippen LogP contribution >= 0.6 is 11.6 Å². The molecule has 0 spiro atoms. The van der Waals surface area contributed by atoms with Crippen LogP contribution < -0.4 is 10.7 Å². The molecule has 1 aromatic carbocycles. The van der Waals surface area contributed by atoms with E-state index in [1.807, 2.05) is 41.9 Å². The number of benzene rings is 1. The predicted molar refractivity (Wildman–Crippen MR) is 107 cm³/mol. The first-order valence-corrected chi connectivity index (χ1v) is 9.49. The zero-order valence-electron chi connectivity index (χ0n) is 15.3. The van der Waals surface area contributed by atoms with Gasteiger partial charge in [0.2, 0.25) is 0 Å². The van der Waals surface area contributed by atoms with Crippen LogP contribution in [0.3, 0.4) is 0 Å². The third-order valence-electron chi connectivity index (χ3n) is 5.05. The molecule has 2 aliphatic rings. The smallest absolute Gasteiger partial charge is 0.152 e. The minimum atomic E-state index is 0.748. The molecule has 3 heterocycles. The van der Waals surface area contributed by atoms with Crippen molar-refractivity contribution in [3.8, 4) is 0 Å². The van der Waals surface area contributed by atoms with Crippen molar-refractivity contribution in [3.05, 3.63) is 47.2 Å². The number of nitrogens with one attached hydrogen (secondary N) is 2. The van der Waals surface area contributed by atoms with Crippen molar-refractivity contribution >= 4 is 28.1 Å². The Hall–Kier alpha value is -2.02. The van der Waals surface area contributed by atoms with E-state index in [0.717, 1.165) is 72.6 Å². The van der Waals surface area contributed by atoms with Gasteiger partial charge in [-0.2, -0.15) is 5.10 Å². The summed E-state index contributed by atoms with van der Waals surface area (Å²) in [6.45, 7) is 8.18. The summed E-state index contributed by atoms with van der Waals surface area (Å²) in [7, 11) is 2.00. The lowest BCUT2D eigenvalue weighted by Crippen LogP contribution is -2.44. The molecule has 0 aliphatic carbocycles. The van der Waals surface area contributed by atoms with Gasteiger partial charge in [-0.25, -0.2) is 4.68 Å². The largest absolute Gasteiger partial charge is 0.314 e. The van der Waals surface area contributed by atoms with Crippen LogP contribution in [0.1, 0.15) is 16.8 Å². The van der Waals surface area contributed by atoms with Gasteiger partial charge in [0, 0.05) is 45.3 Å². The fourth-order valence-corrected chi connectivity index (χ4v) is 4.15. The van der Waals surface area contributed by atoms with Crippen molar-refractivity contribution in [3.63, 3.8) is 0 Å². The van der Waals surface area contributed by atoms with Crippen LogP contribution in [0, 0.1) is 6.92 Å². The number of aryl methyl sites for hydroxylation is 1. The molecule has 2 aromatic rings. The Morgan fingerprint density at radius 2 is 1.85 bits per heavy atom. The molecule has 26 heavy (non-hydrogen) atoms. The van der Waals surface area contributed by atoms with Crippen LogP contribution in [0.2, 0.25) is 0 Å². The second kappa shape index (κ2) is 7.31. The Morgan fingerprint density at radius 1 is 1.12 bits per heavy atom. The van der Waals surface area contributed by atoms with E-state index >= 15 is 0 Å². The highest BCUT2D eigenvalue weighted by atomic mass is 35.5. The minimum absolute atomic E-state index is 0.748. The lowest BCUT2D eigenvalue weighted by atomic mass is 10.1. The van der Waals surface area contributed by atoms with Gasteiger partial charge in [0.15, 0.2) is 5.82 Å². The average Bonchev–Trinajstić information content (AvgIpc) is 2.97. The van der Waals surface area contributed by atoms with Crippen LogP contribution in [-0.2, 0) is 6.54 Å². The van der Waals surface area contributed by atoms with Gasteiger partial charge in [-0.05, 0) is 6.92 Å². The number of hydrazine groups is 1. The van der Waals surface area contributed by atoms with E-state index in [0.29, 0.717) is 0 Å². The van der Waals surface area contributed by atoms with Crippen molar-refractivity contribution in [2.45, 2.75) is 13.5 Å². The number of rotatable bonds is 4. The maximum atomic E-state index is 6.84. The quantitative estimate of drug-likeness (QED) is 0.863. The Labute approximate surface area is 159 Å². The second-order valence-electron chi connectivity index (χ2n) is 6.82. The number of fused-ring (bicyclic) bond motifs is 1. The van der Waals surface area contributed by atoms with E-state index in [2.05, 4.69) is 27.8 Å². The van der Waals surface area contributed by atoms with Crippen molar-refractivity contribution in [2.75, 3.05) is 45.2 Å². The molecular formula is C19H25ClN6. The van der Waals surface area contributed by atoms with Gasteiger partial charge in [-0.3, -0.25) is 15.3 Å². The summed E-state index contributed by atoms with van der Waals surface area (Å²) in [5, 5.41) is 10.9. The number of halogens is 1. The molecule has 0 unspecified atom stereocenters. The van der Waals surface area contributed by atoms with E-state index in [1.165, 1.54) is 0 Å². The first kappa shape index (κ1) is 17.4. The van der Waals surface area contributed by atoms with Crippen molar-refractivity contribution in [1.29, 1.82) is 0 Å². The number of nitrogens with zero attached hydrogens (tertiary/aromatic N) is 4. The summed E-state index contributed by atoms with van der Waals surface area (Å²) in [6, 6.07) is 10.2. The molecule has 1 saturated heterocycles. The summed E-state index contributed by atoms with van der Waals surface area (Å²) >= 11 is 6.84. The predicted octanol–water partition coefficient (Wildman–Crippen LogP) is 2.43. The maximum absolute atomic E-state index is 6.84. The molecule has 2 N–H and O–H groups in total. The SMILES string of the molecule is Cc1nn(CCN2CCNCC2)c2c1C(Cl)=C(c1ccccc1)N(C)N2. The van der Waals surface area contributed by atoms with Gasteiger partial charge in [0.1, 0.15) is 0 Å². The number of hydrogen-bond donors (Lipinski definition) is 2. The van der Waals surface area contributed by atoms with Gasteiger partial charge in [-0.1, -0.05) is 41.9 Å². The van der Waals surface area contributed by atoms with Gasteiger partial charge in [0.05, 0.1) is 28.5 Å². The van der Waals surface area contributed by atoms with Crippen LogP contribution in [-0.4, -0.2) is 59.5 Å². The summed E-state index contributed by atoms with van der Waals surface area (Å²) < 4.78 is 2.05. The highest BCUT2D eigenvalue weighted by molar-refractivity contribution is 6.53. The normalized spacial score (nSPS) is 18.0. The van der Waals surface area contributed by atoms with E-state index in [-0.39, 0.29) is 0 Å². The third-order valence-corrected chi connectivity index (χ3v) is 5.42. The Balaban J connectivity index is 1.63.